The van der Waals surface area contributed by atoms with E-state index >= 15 is 0 Å². The van der Waals surface area contributed by atoms with Gasteiger partial charge in [-0.05, 0) is 28.8 Å². The summed E-state index contributed by atoms with van der Waals surface area (Å²) in [5, 5.41) is 16.6. The third-order valence-electron chi connectivity index (χ3n) is 4.81. The molecule has 1 aliphatic rings. The lowest BCUT2D eigenvalue weighted by Gasteiger charge is -2.22. The number of tetrazole rings is 1. The third-order valence-corrected chi connectivity index (χ3v) is 4.81. The maximum absolute atomic E-state index is 12.3. The van der Waals surface area contributed by atoms with Crippen molar-refractivity contribution < 1.29 is 9.59 Å². The second-order valence-electron chi connectivity index (χ2n) is 6.68. The molecule has 1 aromatic heterocycles. The Morgan fingerprint density at radius 1 is 1.22 bits per heavy atom. The lowest BCUT2D eigenvalue weighted by molar-refractivity contribution is -0.125. The van der Waals surface area contributed by atoms with Crippen molar-refractivity contribution in [3.63, 3.8) is 0 Å². The lowest BCUT2D eigenvalue weighted by atomic mass is 10.1. The van der Waals surface area contributed by atoms with Crippen LogP contribution in [0.4, 0.5) is 0 Å². The van der Waals surface area contributed by atoms with Crippen LogP contribution in [-0.4, -0.2) is 69.1 Å². The Bertz CT molecular complexity index is 735. The van der Waals surface area contributed by atoms with Crippen molar-refractivity contribution in [1.29, 1.82) is 0 Å². The number of amides is 2. The van der Waals surface area contributed by atoms with Gasteiger partial charge in [0.1, 0.15) is 6.33 Å². The highest BCUT2D eigenvalue weighted by molar-refractivity contribution is 5.82. The number of nitrogens with zero attached hydrogens (tertiary/aromatic N) is 5. The molecule has 2 amide bonds. The topological polar surface area (TPSA) is 105 Å². The molecule has 1 fully saturated rings. The SMILES string of the molecule is CNC(=O)[C@@H]1C[C@@H](NC(=O)CCn2cnnn2)CN1CCc1ccccc1. The minimum atomic E-state index is -0.219. The minimum Gasteiger partial charge on any atom is -0.358 e. The van der Waals surface area contributed by atoms with Crippen LogP contribution in [0, 0.1) is 0 Å². The minimum absolute atomic E-state index is 0.00602. The van der Waals surface area contributed by atoms with Gasteiger partial charge in [0.15, 0.2) is 0 Å². The third kappa shape index (κ3) is 5.33. The molecule has 2 heterocycles. The molecule has 3 rings (SSSR count). The molecular weight excluding hydrogens is 346 g/mol. The number of likely N-dealkylation sites (N-methyl/N-ethyl adjacent to an activating group) is 1. The van der Waals surface area contributed by atoms with Crippen LogP contribution in [0.5, 0.6) is 0 Å². The first kappa shape index (κ1) is 19.0. The van der Waals surface area contributed by atoms with Crippen LogP contribution in [0.15, 0.2) is 36.7 Å². The second kappa shape index (κ2) is 9.22. The summed E-state index contributed by atoms with van der Waals surface area (Å²) in [6.07, 6.45) is 3.27. The van der Waals surface area contributed by atoms with Gasteiger partial charge in [-0.25, -0.2) is 4.68 Å². The van der Waals surface area contributed by atoms with Crippen LogP contribution in [0.1, 0.15) is 18.4 Å². The van der Waals surface area contributed by atoms with Crippen LogP contribution >= 0.6 is 0 Å². The standard InChI is InChI=1S/C18H25N7O2/c1-19-18(27)16-11-15(21-17(26)8-10-25-13-20-22-23-25)12-24(16)9-7-14-5-3-2-4-6-14/h2-6,13,15-16H,7-12H2,1H3,(H,19,27)(H,21,26)/t15-,16+/m1/s1. The highest BCUT2D eigenvalue weighted by Gasteiger charge is 2.36. The van der Waals surface area contributed by atoms with Crippen molar-refractivity contribution in [2.75, 3.05) is 20.1 Å². The first-order chi connectivity index (χ1) is 13.2. The molecule has 9 heteroatoms. The van der Waals surface area contributed by atoms with Crippen molar-refractivity contribution >= 4 is 11.8 Å². The van der Waals surface area contributed by atoms with E-state index in [4.69, 9.17) is 0 Å². The highest BCUT2D eigenvalue weighted by atomic mass is 16.2. The summed E-state index contributed by atoms with van der Waals surface area (Å²) in [6, 6.07) is 9.94. The largest absolute Gasteiger partial charge is 0.358 e. The van der Waals surface area contributed by atoms with E-state index in [1.165, 1.54) is 16.6 Å². The number of hydrogen-bond donors (Lipinski definition) is 2. The van der Waals surface area contributed by atoms with Crippen molar-refractivity contribution in [1.82, 2.24) is 35.7 Å². The zero-order valence-corrected chi connectivity index (χ0v) is 15.4. The van der Waals surface area contributed by atoms with E-state index in [0.717, 1.165) is 13.0 Å². The van der Waals surface area contributed by atoms with Crippen molar-refractivity contribution in [2.45, 2.75) is 37.9 Å². The molecule has 0 unspecified atom stereocenters. The fourth-order valence-corrected chi connectivity index (χ4v) is 3.41. The second-order valence-corrected chi connectivity index (χ2v) is 6.68. The van der Waals surface area contributed by atoms with Gasteiger partial charge in [0.05, 0.1) is 12.6 Å². The van der Waals surface area contributed by atoms with E-state index in [0.29, 0.717) is 25.9 Å². The Hall–Kier alpha value is -2.81. The van der Waals surface area contributed by atoms with E-state index in [1.54, 1.807) is 7.05 Å². The van der Waals surface area contributed by atoms with Crippen LogP contribution < -0.4 is 10.6 Å². The van der Waals surface area contributed by atoms with Gasteiger partial charge in [-0.3, -0.25) is 14.5 Å². The molecule has 0 aliphatic carbocycles. The first-order valence-electron chi connectivity index (χ1n) is 9.15. The molecule has 2 N–H and O–H groups in total. The normalized spacial score (nSPS) is 19.7. The number of nitrogens with one attached hydrogen (secondary N) is 2. The maximum Gasteiger partial charge on any atom is 0.237 e. The molecule has 1 aliphatic heterocycles. The first-order valence-corrected chi connectivity index (χ1v) is 9.15. The molecule has 2 atom stereocenters. The van der Waals surface area contributed by atoms with Crippen LogP contribution in [0.3, 0.4) is 0 Å². The monoisotopic (exact) mass is 371 g/mol. The van der Waals surface area contributed by atoms with Crippen molar-refractivity contribution in [3.8, 4) is 0 Å². The Morgan fingerprint density at radius 2 is 2.04 bits per heavy atom. The molecule has 0 saturated carbocycles. The molecule has 144 valence electrons. The van der Waals surface area contributed by atoms with Crippen molar-refractivity contribution in [2.24, 2.45) is 0 Å². The number of benzene rings is 1. The molecule has 0 bridgehead atoms. The molecule has 2 aromatic rings. The number of rotatable bonds is 8. The van der Waals surface area contributed by atoms with Gasteiger partial charge in [-0.1, -0.05) is 30.3 Å². The molecular formula is C18H25N7O2. The van der Waals surface area contributed by atoms with Gasteiger partial charge in [0.2, 0.25) is 11.8 Å². The molecule has 0 radical (unpaired) electrons. The highest BCUT2D eigenvalue weighted by Crippen LogP contribution is 2.19. The number of carbonyl (C=O) groups excluding carboxylic acids is 2. The molecule has 1 aromatic carbocycles. The summed E-state index contributed by atoms with van der Waals surface area (Å²) in [4.78, 5) is 26.6. The Kier molecular flexibility index (Phi) is 6.48. The summed E-state index contributed by atoms with van der Waals surface area (Å²) >= 11 is 0. The van der Waals surface area contributed by atoms with E-state index in [2.05, 4.69) is 43.2 Å². The lowest BCUT2D eigenvalue weighted by Crippen LogP contribution is -2.42. The van der Waals surface area contributed by atoms with Gasteiger partial charge in [-0.2, -0.15) is 0 Å². The molecule has 27 heavy (non-hydrogen) atoms. The maximum atomic E-state index is 12.3. The summed E-state index contributed by atoms with van der Waals surface area (Å²) in [7, 11) is 1.65. The van der Waals surface area contributed by atoms with E-state index in [-0.39, 0.29) is 23.9 Å². The summed E-state index contributed by atoms with van der Waals surface area (Å²) in [5.74, 6) is -0.0652. The van der Waals surface area contributed by atoms with E-state index in [1.807, 2.05) is 18.2 Å². The van der Waals surface area contributed by atoms with Crippen molar-refractivity contribution in [3.05, 3.63) is 42.2 Å². The van der Waals surface area contributed by atoms with Gasteiger partial charge < -0.3 is 10.6 Å². The summed E-state index contributed by atoms with van der Waals surface area (Å²) < 4.78 is 1.52. The average molecular weight is 371 g/mol. The van der Waals surface area contributed by atoms with Gasteiger partial charge >= 0.3 is 0 Å². The smallest absolute Gasteiger partial charge is 0.237 e. The van der Waals surface area contributed by atoms with Gasteiger partial charge in [0.25, 0.3) is 0 Å². The number of carbonyl (C=O) groups is 2. The fourth-order valence-electron chi connectivity index (χ4n) is 3.41. The summed E-state index contributed by atoms with van der Waals surface area (Å²) in [6.45, 7) is 1.88. The summed E-state index contributed by atoms with van der Waals surface area (Å²) in [5.41, 5.74) is 1.24. The average Bonchev–Trinajstić information content (AvgIpc) is 3.35. The fraction of sp³-hybridized carbons (Fsp3) is 0.500. The number of aromatic nitrogens is 4. The Morgan fingerprint density at radius 3 is 2.74 bits per heavy atom. The van der Waals surface area contributed by atoms with E-state index in [9.17, 15) is 9.59 Å². The zero-order valence-electron chi connectivity index (χ0n) is 15.4. The number of aryl methyl sites for hydroxylation is 1. The Labute approximate surface area is 158 Å². The Balaban J connectivity index is 1.52. The molecule has 1 saturated heterocycles. The quantitative estimate of drug-likeness (QED) is 0.655. The predicted octanol–water partition coefficient (Wildman–Crippen LogP) is -0.389. The number of likely N-dealkylation sites (tertiary alicyclic amines) is 1. The molecule has 9 nitrogen and oxygen atoms in total. The number of hydrogen-bond acceptors (Lipinski definition) is 6. The van der Waals surface area contributed by atoms with Crippen LogP contribution in [0.25, 0.3) is 0 Å². The van der Waals surface area contributed by atoms with Gasteiger partial charge in [-0.15, -0.1) is 5.10 Å². The van der Waals surface area contributed by atoms with E-state index < -0.39 is 0 Å². The van der Waals surface area contributed by atoms with Gasteiger partial charge in [0, 0.05) is 32.6 Å². The van der Waals surface area contributed by atoms with Crippen LogP contribution in [0.2, 0.25) is 0 Å². The predicted molar refractivity (Wildman–Crippen MR) is 98.6 cm³/mol. The zero-order chi connectivity index (χ0) is 19.1. The van der Waals surface area contributed by atoms with Crippen LogP contribution in [-0.2, 0) is 22.6 Å². The molecule has 0 spiro atoms.